The molecule has 4 aliphatic rings. The molecule has 0 radical (unpaired) electrons. The smallest absolute Gasteiger partial charge is 0.406 e. The molecule has 6 heterocycles. The van der Waals surface area contributed by atoms with Crippen LogP contribution >= 0.6 is 0 Å². The molecule has 3 saturated heterocycles. The topological polar surface area (TPSA) is 171 Å². The summed E-state index contributed by atoms with van der Waals surface area (Å²) < 4.78 is 88.6. The molecule has 1 unspecified atom stereocenters. The summed E-state index contributed by atoms with van der Waals surface area (Å²) in [5.74, 6) is -3.82. The van der Waals surface area contributed by atoms with Gasteiger partial charge in [-0.2, -0.15) is 13.2 Å². The van der Waals surface area contributed by atoms with Crippen LogP contribution in [0.5, 0.6) is 0 Å². The van der Waals surface area contributed by atoms with E-state index in [0.29, 0.717) is 79.0 Å². The molecule has 5 atom stereocenters. The van der Waals surface area contributed by atoms with Crippen molar-refractivity contribution in [3.8, 4) is 22.4 Å². The number of methoxy groups -OCH3 is 1. The number of hydrogen-bond donors (Lipinski definition) is 3. The minimum Gasteiger partial charge on any atom is -0.464 e. The summed E-state index contributed by atoms with van der Waals surface area (Å²) in [5, 5.41) is 7.82. The SMILES string of the molecule is C=CC(=O)N1CC[C@H](C(=O)N(C)C(C(=O)N[C@H]2Cc3cc(cc(C(F)F)c3)-c3ccc4c(c3)c(c(-c3cc(N5CCNCC5)cnc3[C@H](C)OC)n4CC(F)(F)F)CC(C)(C)COC(=O)[C@@H]3CCCN(N3)C2=O)C(C)C)C1. The number of likely N-dealkylation sites (N-methyl/N-ethyl adjacent to an activating group) is 1. The summed E-state index contributed by atoms with van der Waals surface area (Å²) >= 11 is 0. The molecule has 2 aromatic heterocycles. The number of nitrogens with zero attached hydrogens (tertiary/aromatic N) is 6. The molecule has 0 aliphatic carbocycles. The highest BCUT2D eigenvalue weighted by Crippen LogP contribution is 2.44. The second-order valence-corrected chi connectivity index (χ2v) is 21.9. The molecule has 4 amide bonds. The van der Waals surface area contributed by atoms with E-state index in [0.717, 1.165) is 0 Å². The lowest BCUT2D eigenvalue weighted by Crippen LogP contribution is -2.62. The Labute approximate surface area is 445 Å². The van der Waals surface area contributed by atoms with Crippen molar-refractivity contribution in [1.29, 1.82) is 0 Å². The molecule has 0 saturated carbocycles. The van der Waals surface area contributed by atoms with E-state index in [2.05, 4.69) is 27.5 Å². The third-order valence-corrected chi connectivity index (χ3v) is 15.2. The number of piperazine rings is 1. The van der Waals surface area contributed by atoms with E-state index in [9.17, 15) is 24.0 Å². The van der Waals surface area contributed by atoms with Crippen LogP contribution in [0.1, 0.15) is 88.8 Å². The Morgan fingerprint density at radius 1 is 1.01 bits per heavy atom. The fraction of sp³-hybridized carbons (Fsp3) is 0.536. The van der Waals surface area contributed by atoms with Gasteiger partial charge in [-0.25, -0.2) is 14.2 Å². The number of alkyl halides is 5. The number of fused-ring (bicyclic) bond motifs is 6. The lowest BCUT2D eigenvalue weighted by Gasteiger charge is -2.37. The summed E-state index contributed by atoms with van der Waals surface area (Å²) in [5.41, 5.74) is 4.99. The Bertz CT molecular complexity index is 2880. The van der Waals surface area contributed by atoms with Gasteiger partial charge in [-0.15, -0.1) is 0 Å². The molecule has 77 heavy (non-hydrogen) atoms. The van der Waals surface area contributed by atoms with Gasteiger partial charge < -0.3 is 39.4 Å². The number of benzene rings is 2. The number of cyclic esters (lactones) is 1. The van der Waals surface area contributed by atoms with E-state index >= 15 is 22.0 Å². The van der Waals surface area contributed by atoms with Gasteiger partial charge in [0.1, 0.15) is 24.7 Å². The van der Waals surface area contributed by atoms with Gasteiger partial charge in [0, 0.05) is 93.8 Å². The first-order valence-corrected chi connectivity index (χ1v) is 26.3. The zero-order chi connectivity index (χ0) is 55.7. The molecular formula is C56H70F5N9O7. The molecular weight excluding hydrogens is 1010 g/mol. The average Bonchev–Trinajstić information content (AvgIpc) is 4.02. The quantitative estimate of drug-likeness (QED) is 0.0748. The second kappa shape index (κ2) is 23.3. The van der Waals surface area contributed by atoms with Gasteiger partial charge in [0.2, 0.25) is 17.7 Å². The second-order valence-electron chi connectivity index (χ2n) is 21.9. The van der Waals surface area contributed by atoms with Crippen molar-refractivity contribution >= 4 is 46.2 Å². The Kier molecular flexibility index (Phi) is 17.1. The van der Waals surface area contributed by atoms with Crippen LogP contribution < -0.4 is 21.0 Å². The van der Waals surface area contributed by atoms with Gasteiger partial charge in [0.25, 0.3) is 12.3 Å². The molecule has 8 rings (SSSR count). The number of ether oxygens (including phenoxy) is 2. The van der Waals surface area contributed by atoms with Crippen LogP contribution in [0.15, 0.2) is 61.3 Å². The van der Waals surface area contributed by atoms with Crippen molar-refractivity contribution in [2.45, 2.75) is 110 Å². The van der Waals surface area contributed by atoms with Crippen LogP contribution in [0.2, 0.25) is 0 Å². The van der Waals surface area contributed by atoms with E-state index in [4.69, 9.17) is 14.5 Å². The van der Waals surface area contributed by atoms with Crippen LogP contribution in [0.3, 0.4) is 0 Å². The predicted octanol–water partition coefficient (Wildman–Crippen LogP) is 7.15. The third-order valence-electron chi connectivity index (χ3n) is 15.2. The minimum absolute atomic E-state index is 0.0811. The number of aromatic nitrogens is 2. The molecule has 3 fully saturated rings. The molecule has 16 nitrogen and oxygen atoms in total. The Balaban J connectivity index is 1.28. The number of likely N-dealkylation sites (tertiary alicyclic amines) is 1. The van der Waals surface area contributed by atoms with Crippen molar-refractivity contribution in [1.82, 2.24) is 40.4 Å². The van der Waals surface area contributed by atoms with Gasteiger partial charge in [0.05, 0.1) is 41.9 Å². The molecule has 4 aromatic rings. The summed E-state index contributed by atoms with van der Waals surface area (Å²) in [4.78, 5) is 79.8. The molecule has 6 bridgehead atoms. The van der Waals surface area contributed by atoms with Crippen LogP contribution in [-0.2, 0) is 52.8 Å². The number of rotatable bonds is 12. The fourth-order valence-electron chi connectivity index (χ4n) is 11.3. The lowest BCUT2D eigenvalue weighted by atomic mass is 9.84. The highest BCUT2D eigenvalue weighted by atomic mass is 19.4. The van der Waals surface area contributed by atoms with E-state index in [1.807, 2.05) is 19.9 Å². The third kappa shape index (κ3) is 12.6. The van der Waals surface area contributed by atoms with Crippen LogP contribution in [-0.4, -0.2) is 145 Å². The molecule has 416 valence electrons. The highest BCUT2D eigenvalue weighted by Gasteiger charge is 2.41. The number of carbonyl (C=O) groups is 5. The van der Waals surface area contributed by atoms with E-state index < -0.39 is 84.0 Å². The number of pyridine rings is 1. The minimum atomic E-state index is -4.71. The normalized spacial score (nSPS) is 21.2. The van der Waals surface area contributed by atoms with Crippen molar-refractivity contribution in [2.24, 2.45) is 17.3 Å². The summed E-state index contributed by atoms with van der Waals surface area (Å²) in [6, 6.07) is 7.28. The molecule has 3 N–H and O–H groups in total. The fourth-order valence-corrected chi connectivity index (χ4v) is 11.3. The number of amides is 4. The van der Waals surface area contributed by atoms with Gasteiger partial charge in [-0.05, 0) is 91.1 Å². The number of esters is 1. The van der Waals surface area contributed by atoms with Crippen molar-refractivity contribution in [2.75, 3.05) is 71.5 Å². The van der Waals surface area contributed by atoms with Crippen LogP contribution in [0, 0.1) is 17.3 Å². The first-order chi connectivity index (χ1) is 36.5. The van der Waals surface area contributed by atoms with Gasteiger partial charge in [0.15, 0.2) is 0 Å². The highest BCUT2D eigenvalue weighted by molar-refractivity contribution is 5.97. The summed E-state index contributed by atoms with van der Waals surface area (Å²) in [7, 11) is 2.98. The monoisotopic (exact) mass is 1080 g/mol. The number of halogens is 5. The van der Waals surface area contributed by atoms with Gasteiger partial charge in [-0.1, -0.05) is 52.5 Å². The average molecular weight is 1080 g/mol. The summed E-state index contributed by atoms with van der Waals surface area (Å²) in [6.45, 7) is 14.1. The number of anilines is 1. The molecule has 0 spiro atoms. The first-order valence-electron chi connectivity index (χ1n) is 26.3. The molecule has 4 aliphatic heterocycles. The number of nitrogens with one attached hydrogen (secondary N) is 3. The molecule has 21 heteroatoms. The largest absolute Gasteiger partial charge is 0.464 e. The van der Waals surface area contributed by atoms with Crippen molar-refractivity contribution < 1.29 is 55.4 Å². The predicted molar refractivity (Wildman–Crippen MR) is 280 cm³/mol. The first kappa shape index (κ1) is 56.7. The zero-order valence-corrected chi connectivity index (χ0v) is 44.8. The number of carbonyl (C=O) groups excluding carboxylic acids is 5. The van der Waals surface area contributed by atoms with Gasteiger partial charge in [-0.3, -0.25) is 34.0 Å². The van der Waals surface area contributed by atoms with Gasteiger partial charge >= 0.3 is 12.1 Å². The lowest BCUT2D eigenvalue weighted by molar-refractivity contribution is -0.155. The van der Waals surface area contributed by atoms with Crippen molar-refractivity contribution in [3.05, 3.63) is 83.7 Å². The van der Waals surface area contributed by atoms with E-state index in [-0.39, 0.29) is 73.1 Å². The van der Waals surface area contributed by atoms with Crippen LogP contribution in [0.25, 0.3) is 33.3 Å². The van der Waals surface area contributed by atoms with Crippen molar-refractivity contribution in [3.63, 3.8) is 0 Å². The summed E-state index contributed by atoms with van der Waals surface area (Å²) in [6.07, 6.45) is -4.74. The maximum absolute atomic E-state index is 15.1. The standard InChI is InChI=1S/C56H70F5N9O7/c1-9-46(71)68-18-14-36(29-68)52(73)66(7)48(32(2)3)51(72)64-44-23-34-21-37(24-38(22-34)50(57)58)35-12-13-45-40(25-35)42(27-55(5,6)31-77-54(75)43-11-10-17-70(65-43)53(44)74)49(69(45)30-56(59,60)61)41-26-39(67-19-15-62-16-20-67)28-63-47(41)33(4)76-8/h9,12-13,21-22,24-26,28,32-33,36,43-44,48,50,62,65H,1,10-11,14-20,23,27,29-31H2,2-8H3,(H,64,72)/t33-,36-,43-,44-,48?/m0/s1. The Morgan fingerprint density at radius 2 is 1.75 bits per heavy atom. The molecule has 2 aromatic carbocycles. The van der Waals surface area contributed by atoms with E-state index in [1.165, 1.54) is 51.7 Å². The number of hydrazine groups is 1. The Morgan fingerprint density at radius 3 is 2.43 bits per heavy atom. The number of hydrogen-bond acceptors (Lipinski definition) is 11. The maximum Gasteiger partial charge on any atom is 0.406 e. The Hall–Kier alpha value is -6.45. The van der Waals surface area contributed by atoms with Crippen LogP contribution in [0.4, 0.5) is 27.6 Å². The zero-order valence-electron chi connectivity index (χ0n) is 44.8. The van der Waals surface area contributed by atoms with E-state index in [1.54, 1.807) is 51.2 Å². The maximum atomic E-state index is 15.1.